The summed E-state index contributed by atoms with van der Waals surface area (Å²) >= 11 is 0. The molecule has 6 heteroatoms. The zero-order valence-corrected chi connectivity index (χ0v) is 10.2. The molecule has 2 N–H and O–H groups in total. The minimum Gasteiger partial charge on any atom is -0.341 e. The van der Waals surface area contributed by atoms with Crippen molar-refractivity contribution in [2.45, 2.75) is 6.04 Å². The molecule has 6 nitrogen and oxygen atoms in total. The Balaban J connectivity index is 2.73. The molecule has 0 aliphatic carbocycles. The van der Waals surface area contributed by atoms with E-state index in [2.05, 4.69) is 10.6 Å². The fourth-order valence-corrected chi connectivity index (χ4v) is 1.35. The molecular formula is C12H15N3O3. The SMILES string of the molecule is CNC(=O)N(C)C(=O)NC(C=O)c1ccccc1. The normalized spacial score (nSPS) is 11.2. The molecule has 0 bridgehead atoms. The number of amides is 4. The highest BCUT2D eigenvalue weighted by Gasteiger charge is 2.19. The van der Waals surface area contributed by atoms with E-state index in [9.17, 15) is 14.4 Å². The van der Waals surface area contributed by atoms with Crippen LogP contribution in [0.1, 0.15) is 11.6 Å². The van der Waals surface area contributed by atoms with Gasteiger partial charge < -0.3 is 15.4 Å². The second-order valence-corrected chi connectivity index (χ2v) is 3.59. The van der Waals surface area contributed by atoms with Crippen LogP contribution in [0.25, 0.3) is 0 Å². The third-order valence-corrected chi connectivity index (χ3v) is 2.40. The molecule has 1 atom stereocenters. The second-order valence-electron chi connectivity index (χ2n) is 3.59. The molecule has 1 rings (SSSR count). The fourth-order valence-electron chi connectivity index (χ4n) is 1.35. The van der Waals surface area contributed by atoms with Crippen molar-refractivity contribution in [3.05, 3.63) is 35.9 Å². The Kier molecular flexibility index (Phi) is 4.86. The third kappa shape index (κ3) is 3.31. The number of nitrogens with zero attached hydrogens (tertiary/aromatic N) is 1. The molecule has 0 spiro atoms. The highest BCUT2D eigenvalue weighted by Crippen LogP contribution is 2.09. The van der Waals surface area contributed by atoms with E-state index in [1.54, 1.807) is 24.3 Å². The topological polar surface area (TPSA) is 78.5 Å². The third-order valence-electron chi connectivity index (χ3n) is 2.40. The van der Waals surface area contributed by atoms with Crippen LogP contribution in [0.3, 0.4) is 0 Å². The van der Waals surface area contributed by atoms with Crippen molar-refractivity contribution in [2.75, 3.05) is 14.1 Å². The molecule has 4 amide bonds. The van der Waals surface area contributed by atoms with Crippen molar-refractivity contribution < 1.29 is 14.4 Å². The first-order valence-corrected chi connectivity index (χ1v) is 5.36. The lowest BCUT2D eigenvalue weighted by Crippen LogP contribution is -2.46. The molecular weight excluding hydrogens is 234 g/mol. The minimum absolute atomic E-state index is 0.551. The molecule has 96 valence electrons. The highest BCUT2D eigenvalue weighted by atomic mass is 16.2. The predicted molar refractivity (Wildman–Crippen MR) is 66.0 cm³/mol. The average molecular weight is 249 g/mol. The van der Waals surface area contributed by atoms with Gasteiger partial charge in [0.05, 0.1) is 0 Å². The van der Waals surface area contributed by atoms with E-state index in [1.807, 2.05) is 6.07 Å². The zero-order valence-electron chi connectivity index (χ0n) is 10.2. The molecule has 1 aromatic carbocycles. The van der Waals surface area contributed by atoms with E-state index < -0.39 is 18.1 Å². The Morgan fingerprint density at radius 3 is 2.33 bits per heavy atom. The largest absolute Gasteiger partial charge is 0.341 e. The summed E-state index contributed by atoms with van der Waals surface area (Å²) in [5.74, 6) is 0. The van der Waals surface area contributed by atoms with Gasteiger partial charge in [-0.1, -0.05) is 30.3 Å². The summed E-state index contributed by atoms with van der Waals surface area (Å²) in [6, 6.07) is 6.81. The van der Waals surface area contributed by atoms with Gasteiger partial charge in [-0.2, -0.15) is 0 Å². The summed E-state index contributed by atoms with van der Waals surface area (Å²) in [6.45, 7) is 0. The average Bonchev–Trinajstić information content (AvgIpc) is 2.43. The molecule has 1 unspecified atom stereocenters. The van der Waals surface area contributed by atoms with Gasteiger partial charge in [0.2, 0.25) is 0 Å². The molecule has 0 fully saturated rings. The smallest absolute Gasteiger partial charge is 0.326 e. The summed E-state index contributed by atoms with van der Waals surface area (Å²) in [4.78, 5) is 34.7. The molecule has 0 aliphatic rings. The van der Waals surface area contributed by atoms with Crippen LogP contribution < -0.4 is 10.6 Å². The number of carbonyl (C=O) groups is 3. The van der Waals surface area contributed by atoms with Gasteiger partial charge in [-0.3, -0.25) is 0 Å². The molecule has 1 aromatic rings. The maximum Gasteiger partial charge on any atom is 0.326 e. The number of nitrogens with one attached hydrogen (secondary N) is 2. The van der Waals surface area contributed by atoms with Crippen molar-refractivity contribution >= 4 is 18.3 Å². The first kappa shape index (κ1) is 13.7. The van der Waals surface area contributed by atoms with Crippen LogP contribution in [0.4, 0.5) is 9.59 Å². The van der Waals surface area contributed by atoms with Gasteiger partial charge in [-0.15, -0.1) is 0 Å². The Hall–Kier alpha value is -2.37. The van der Waals surface area contributed by atoms with Gasteiger partial charge in [-0.25, -0.2) is 14.5 Å². The standard InChI is InChI=1S/C12H15N3O3/c1-13-11(17)15(2)12(18)14-10(8-16)9-6-4-3-5-7-9/h3-8,10H,1-2H3,(H,13,17)(H,14,18). The molecule has 0 heterocycles. The molecule has 18 heavy (non-hydrogen) atoms. The lowest BCUT2D eigenvalue weighted by atomic mass is 10.1. The monoisotopic (exact) mass is 249 g/mol. The first-order valence-electron chi connectivity index (χ1n) is 5.36. The number of rotatable bonds is 3. The van der Waals surface area contributed by atoms with Gasteiger partial charge in [0.25, 0.3) is 0 Å². The number of hydrogen-bond donors (Lipinski definition) is 2. The van der Waals surface area contributed by atoms with E-state index in [1.165, 1.54) is 14.1 Å². The number of imide groups is 1. The number of hydrogen-bond acceptors (Lipinski definition) is 3. The molecule has 0 saturated heterocycles. The van der Waals surface area contributed by atoms with E-state index in [-0.39, 0.29) is 0 Å². The summed E-state index contributed by atoms with van der Waals surface area (Å²) in [7, 11) is 2.74. The zero-order chi connectivity index (χ0) is 13.5. The van der Waals surface area contributed by atoms with Gasteiger partial charge in [0.1, 0.15) is 12.3 Å². The van der Waals surface area contributed by atoms with Crippen LogP contribution in [0.2, 0.25) is 0 Å². The Morgan fingerprint density at radius 1 is 1.22 bits per heavy atom. The van der Waals surface area contributed by atoms with E-state index in [0.717, 1.165) is 4.90 Å². The second kappa shape index (κ2) is 6.39. The predicted octanol–water partition coefficient (Wildman–Crippen LogP) is 0.907. The van der Waals surface area contributed by atoms with Gasteiger partial charge in [-0.05, 0) is 5.56 Å². The molecule has 0 aliphatic heterocycles. The van der Waals surface area contributed by atoms with Gasteiger partial charge in [0.15, 0.2) is 0 Å². The summed E-state index contributed by atoms with van der Waals surface area (Å²) in [6.07, 6.45) is 0.616. The first-order chi connectivity index (χ1) is 8.60. The van der Waals surface area contributed by atoms with Gasteiger partial charge in [0, 0.05) is 14.1 Å². The number of benzene rings is 1. The van der Waals surface area contributed by atoms with Crippen LogP contribution in [-0.2, 0) is 4.79 Å². The Morgan fingerprint density at radius 2 is 1.83 bits per heavy atom. The van der Waals surface area contributed by atoms with Crippen molar-refractivity contribution in [2.24, 2.45) is 0 Å². The lowest BCUT2D eigenvalue weighted by molar-refractivity contribution is -0.109. The Labute approximate surface area is 105 Å². The summed E-state index contributed by atoms with van der Waals surface area (Å²) in [5.41, 5.74) is 0.658. The summed E-state index contributed by atoms with van der Waals surface area (Å²) < 4.78 is 0. The van der Waals surface area contributed by atoms with Gasteiger partial charge >= 0.3 is 12.1 Å². The quantitative estimate of drug-likeness (QED) is 0.781. The number of aldehydes is 1. The van der Waals surface area contributed by atoms with Crippen LogP contribution in [0.5, 0.6) is 0 Å². The van der Waals surface area contributed by atoms with Crippen LogP contribution >= 0.6 is 0 Å². The minimum atomic E-state index is -0.772. The van der Waals surface area contributed by atoms with E-state index in [0.29, 0.717) is 11.8 Å². The number of urea groups is 2. The van der Waals surface area contributed by atoms with E-state index >= 15 is 0 Å². The molecule has 0 radical (unpaired) electrons. The highest BCUT2D eigenvalue weighted by molar-refractivity contribution is 5.94. The van der Waals surface area contributed by atoms with Crippen LogP contribution in [-0.4, -0.2) is 37.3 Å². The maximum absolute atomic E-state index is 11.7. The van der Waals surface area contributed by atoms with Crippen molar-refractivity contribution in [3.63, 3.8) is 0 Å². The van der Waals surface area contributed by atoms with Crippen LogP contribution in [0.15, 0.2) is 30.3 Å². The van der Waals surface area contributed by atoms with Crippen molar-refractivity contribution in [1.29, 1.82) is 0 Å². The molecule has 0 aromatic heterocycles. The van der Waals surface area contributed by atoms with Crippen LogP contribution in [0, 0.1) is 0 Å². The maximum atomic E-state index is 11.7. The lowest BCUT2D eigenvalue weighted by Gasteiger charge is -2.19. The Bertz CT molecular complexity index is 433. The van der Waals surface area contributed by atoms with Crippen molar-refractivity contribution in [1.82, 2.24) is 15.5 Å². The van der Waals surface area contributed by atoms with E-state index in [4.69, 9.17) is 0 Å². The summed E-state index contributed by atoms with van der Waals surface area (Å²) in [5, 5.41) is 4.77. The fraction of sp³-hybridized carbons (Fsp3) is 0.250. The molecule has 0 saturated carbocycles. The van der Waals surface area contributed by atoms with Crippen molar-refractivity contribution in [3.8, 4) is 0 Å². The number of carbonyl (C=O) groups excluding carboxylic acids is 3.